The second kappa shape index (κ2) is 6.32. The largest absolute Gasteiger partial charge is 0.339 e. The number of nitrogens with zero attached hydrogens (tertiary/aromatic N) is 2. The molecule has 22 heavy (non-hydrogen) atoms. The Balaban J connectivity index is 1.21. The van der Waals surface area contributed by atoms with Gasteiger partial charge < -0.3 is 4.90 Å². The van der Waals surface area contributed by atoms with Crippen LogP contribution in [-0.4, -0.2) is 41.4 Å². The topological polar surface area (TPSA) is 23.6 Å². The first-order chi connectivity index (χ1) is 10.8. The van der Waals surface area contributed by atoms with Crippen LogP contribution in [0.1, 0.15) is 49.0 Å². The minimum absolute atomic E-state index is 0.399. The van der Waals surface area contributed by atoms with Gasteiger partial charge in [-0.05, 0) is 35.8 Å². The van der Waals surface area contributed by atoms with Gasteiger partial charge in [-0.3, -0.25) is 9.69 Å². The van der Waals surface area contributed by atoms with Crippen molar-refractivity contribution in [1.29, 1.82) is 0 Å². The van der Waals surface area contributed by atoms with Gasteiger partial charge in [-0.2, -0.15) is 0 Å². The molecule has 1 amide bonds. The molecule has 0 spiro atoms. The third kappa shape index (κ3) is 2.95. The fourth-order valence-corrected chi connectivity index (χ4v) is 5.15. The third-order valence-electron chi connectivity index (χ3n) is 5.81. The van der Waals surface area contributed by atoms with E-state index >= 15 is 0 Å². The molecule has 2 aliphatic heterocycles. The van der Waals surface area contributed by atoms with Crippen molar-refractivity contribution in [2.45, 2.75) is 57.5 Å². The average Bonchev–Trinajstić information content (AvgIpc) is 3.14. The molecule has 0 radical (unpaired) electrons. The van der Waals surface area contributed by atoms with Crippen molar-refractivity contribution < 1.29 is 4.79 Å². The lowest BCUT2D eigenvalue weighted by Crippen LogP contribution is -2.61. The third-order valence-corrected chi connectivity index (χ3v) is 6.83. The lowest BCUT2D eigenvalue weighted by Gasteiger charge is -2.46. The molecular weight excluding hydrogens is 292 g/mol. The first-order valence-electron chi connectivity index (χ1n) is 8.86. The van der Waals surface area contributed by atoms with Crippen molar-refractivity contribution in [2.24, 2.45) is 5.92 Å². The van der Waals surface area contributed by atoms with E-state index < -0.39 is 0 Å². The van der Waals surface area contributed by atoms with E-state index in [2.05, 4.69) is 21.2 Å². The lowest BCUT2D eigenvalue weighted by atomic mass is 9.98. The highest BCUT2D eigenvalue weighted by Crippen LogP contribution is 2.30. The van der Waals surface area contributed by atoms with Gasteiger partial charge in [0.1, 0.15) is 0 Å². The lowest BCUT2D eigenvalue weighted by molar-refractivity contribution is -0.139. The highest BCUT2D eigenvalue weighted by molar-refractivity contribution is 7.10. The number of likely N-dealkylation sites (tertiary alicyclic amines) is 1. The quantitative estimate of drug-likeness (QED) is 0.850. The number of thiophene rings is 1. The molecule has 0 N–H and O–H groups in total. The number of amides is 1. The predicted molar refractivity (Wildman–Crippen MR) is 90.0 cm³/mol. The summed E-state index contributed by atoms with van der Waals surface area (Å²) in [6.45, 7) is 4.18. The van der Waals surface area contributed by atoms with Gasteiger partial charge in [-0.15, -0.1) is 11.3 Å². The number of hydrogen-bond acceptors (Lipinski definition) is 3. The van der Waals surface area contributed by atoms with E-state index in [9.17, 15) is 4.79 Å². The van der Waals surface area contributed by atoms with Crippen LogP contribution in [0.2, 0.25) is 0 Å². The molecule has 1 saturated carbocycles. The normalized spacial score (nSPS) is 23.5. The molecule has 4 rings (SSSR count). The summed E-state index contributed by atoms with van der Waals surface area (Å²) in [5.74, 6) is 1.23. The number of hydrogen-bond donors (Lipinski definition) is 0. The molecule has 4 heteroatoms. The monoisotopic (exact) mass is 318 g/mol. The van der Waals surface area contributed by atoms with Crippen molar-refractivity contribution in [3.05, 3.63) is 21.9 Å². The smallest absolute Gasteiger partial charge is 0.222 e. The molecule has 0 bridgehead atoms. The van der Waals surface area contributed by atoms with Crippen LogP contribution < -0.4 is 0 Å². The zero-order chi connectivity index (χ0) is 14.9. The second-order valence-corrected chi connectivity index (χ2v) is 8.23. The van der Waals surface area contributed by atoms with E-state index in [4.69, 9.17) is 0 Å². The molecule has 3 nitrogen and oxygen atoms in total. The molecule has 0 aromatic carbocycles. The summed E-state index contributed by atoms with van der Waals surface area (Å²) >= 11 is 1.90. The van der Waals surface area contributed by atoms with Crippen LogP contribution in [0.3, 0.4) is 0 Å². The van der Waals surface area contributed by atoms with Crippen LogP contribution in [-0.2, 0) is 17.8 Å². The number of carbonyl (C=O) groups excluding carboxylic acids is 1. The Kier molecular flexibility index (Phi) is 4.23. The molecule has 120 valence electrons. The van der Waals surface area contributed by atoms with Crippen molar-refractivity contribution in [1.82, 2.24) is 9.80 Å². The van der Waals surface area contributed by atoms with E-state index in [1.54, 1.807) is 4.88 Å². The van der Waals surface area contributed by atoms with Crippen LogP contribution >= 0.6 is 11.3 Å². The molecule has 3 aliphatic rings. The van der Waals surface area contributed by atoms with Crippen molar-refractivity contribution in [3.63, 3.8) is 0 Å². The van der Waals surface area contributed by atoms with Crippen molar-refractivity contribution in [2.75, 3.05) is 19.6 Å². The standard InChI is InChI=1S/C18H26N2OS/c21-18(6-5-14-3-1-2-4-14)20-12-16(13-20)19-9-7-17-15(11-19)8-10-22-17/h8,10,14,16H,1-7,9,11-13H2. The summed E-state index contributed by atoms with van der Waals surface area (Å²) in [5, 5.41) is 2.22. The molecule has 2 fully saturated rings. The fraction of sp³-hybridized carbons (Fsp3) is 0.722. The van der Waals surface area contributed by atoms with Gasteiger partial charge in [0.2, 0.25) is 5.91 Å². The average molecular weight is 318 g/mol. The van der Waals surface area contributed by atoms with Crippen LogP contribution in [0.5, 0.6) is 0 Å². The van der Waals surface area contributed by atoms with Crippen LogP contribution in [0, 0.1) is 5.92 Å². The maximum atomic E-state index is 12.3. The maximum Gasteiger partial charge on any atom is 0.222 e. The summed E-state index contributed by atoms with van der Waals surface area (Å²) < 4.78 is 0. The van der Waals surface area contributed by atoms with E-state index in [1.165, 1.54) is 44.2 Å². The fourth-order valence-electron chi connectivity index (χ4n) is 4.26. The van der Waals surface area contributed by atoms with Gasteiger partial charge in [-0.1, -0.05) is 25.7 Å². The molecule has 0 atom stereocenters. The zero-order valence-corrected chi connectivity index (χ0v) is 14.1. The minimum Gasteiger partial charge on any atom is -0.339 e. The first-order valence-corrected chi connectivity index (χ1v) is 9.74. The van der Waals surface area contributed by atoms with E-state index in [1.807, 2.05) is 11.3 Å². The zero-order valence-electron chi connectivity index (χ0n) is 13.3. The van der Waals surface area contributed by atoms with Crippen LogP contribution in [0.25, 0.3) is 0 Å². The van der Waals surface area contributed by atoms with Crippen LogP contribution in [0.4, 0.5) is 0 Å². The van der Waals surface area contributed by atoms with E-state index in [0.717, 1.165) is 38.4 Å². The Morgan fingerprint density at radius 1 is 1.27 bits per heavy atom. The van der Waals surface area contributed by atoms with Gasteiger partial charge in [0.15, 0.2) is 0 Å². The summed E-state index contributed by atoms with van der Waals surface area (Å²) in [6, 6.07) is 2.87. The Hall–Kier alpha value is -0.870. The maximum absolute atomic E-state index is 12.3. The van der Waals surface area contributed by atoms with Gasteiger partial charge in [0.05, 0.1) is 0 Å². The van der Waals surface area contributed by atoms with Crippen molar-refractivity contribution >= 4 is 17.2 Å². The summed E-state index contributed by atoms with van der Waals surface area (Å²) in [6.07, 6.45) is 8.57. The molecule has 1 aromatic heterocycles. The van der Waals surface area contributed by atoms with E-state index in [-0.39, 0.29) is 0 Å². The Labute approximate surface area is 137 Å². The number of fused-ring (bicyclic) bond motifs is 1. The molecular formula is C18H26N2OS. The number of carbonyl (C=O) groups is 1. The highest BCUT2D eigenvalue weighted by Gasteiger charge is 2.36. The molecule has 1 aliphatic carbocycles. The number of rotatable bonds is 4. The Morgan fingerprint density at radius 2 is 2.09 bits per heavy atom. The molecule has 1 saturated heterocycles. The molecule has 1 aromatic rings. The summed E-state index contributed by atoms with van der Waals surface area (Å²) in [7, 11) is 0. The summed E-state index contributed by atoms with van der Waals surface area (Å²) in [4.78, 5) is 18.5. The Bertz CT molecular complexity index is 529. The van der Waals surface area contributed by atoms with Gasteiger partial charge >= 0.3 is 0 Å². The van der Waals surface area contributed by atoms with Gasteiger partial charge in [0, 0.05) is 43.5 Å². The minimum atomic E-state index is 0.399. The predicted octanol–water partition coefficient (Wildman–Crippen LogP) is 3.29. The van der Waals surface area contributed by atoms with Crippen LogP contribution in [0.15, 0.2) is 11.4 Å². The summed E-state index contributed by atoms with van der Waals surface area (Å²) in [5.41, 5.74) is 1.52. The first kappa shape index (κ1) is 14.7. The van der Waals surface area contributed by atoms with Gasteiger partial charge in [-0.25, -0.2) is 0 Å². The van der Waals surface area contributed by atoms with Crippen molar-refractivity contribution in [3.8, 4) is 0 Å². The highest BCUT2D eigenvalue weighted by atomic mass is 32.1. The second-order valence-electron chi connectivity index (χ2n) is 7.23. The van der Waals surface area contributed by atoms with E-state index in [0.29, 0.717) is 11.9 Å². The molecule has 0 unspecified atom stereocenters. The Morgan fingerprint density at radius 3 is 2.91 bits per heavy atom. The molecule has 3 heterocycles. The SMILES string of the molecule is O=C(CCC1CCCC1)N1CC(N2CCc3sccc3C2)C1. The van der Waals surface area contributed by atoms with Gasteiger partial charge in [0.25, 0.3) is 0 Å².